The number of carbonyl (C=O) groups excluding carboxylic acids is 2. The lowest BCUT2D eigenvalue weighted by molar-refractivity contribution is -0.121. The second-order valence-corrected chi connectivity index (χ2v) is 7.61. The average molecular weight is 387 g/mol. The van der Waals surface area contributed by atoms with E-state index in [2.05, 4.69) is 10.3 Å². The first kappa shape index (κ1) is 19.5. The van der Waals surface area contributed by atoms with Crippen molar-refractivity contribution in [2.45, 2.75) is 38.6 Å². The molecule has 0 aromatic carbocycles. The number of nitrogens with one attached hydrogen (secondary N) is 1. The predicted octanol–water partition coefficient (Wildman–Crippen LogP) is 2.58. The highest BCUT2D eigenvalue weighted by atomic mass is 32.1. The summed E-state index contributed by atoms with van der Waals surface area (Å²) in [5, 5.41) is 6.97. The van der Waals surface area contributed by atoms with Gasteiger partial charge in [0.2, 0.25) is 5.91 Å². The number of hydrogen-bond acceptors (Lipinski definition) is 5. The maximum Gasteiger partial charge on any atom is 0.256 e. The van der Waals surface area contributed by atoms with Gasteiger partial charge in [-0.15, -0.1) is 0 Å². The van der Waals surface area contributed by atoms with E-state index in [4.69, 9.17) is 5.73 Å². The first-order chi connectivity index (χ1) is 13.1. The average Bonchev–Trinajstić information content (AvgIpc) is 3.21. The molecule has 3 heterocycles. The lowest BCUT2D eigenvalue weighted by atomic mass is 10.00. The molecule has 3 N–H and O–H groups in total. The van der Waals surface area contributed by atoms with Crippen LogP contribution in [-0.4, -0.2) is 47.4 Å². The zero-order valence-corrected chi connectivity index (χ0v) is 16.4. The Morgan fingerprint density at radius 3 is 2.89 bits per heavy atom. The van der Waals surface area contributed by atoms with Crippen molar-refractivity contribution in [2.24, 2.45) is 5.73 Å². The number of amides is 2. The number of nitrogens with zero attached hydrogens (tertiary/aromatic N) is 2. The number of hydrogen-bond donors (Lipinski definition) is 2. The molecule has 2 aromatic rings. The Kier molecular flexibility index (Phi) is 6.58. The molecule has 3 rings (SSSR count). The van der Waals surface area contributed by atoms with Gasteiger partial charge >= 0.3 is 0 Å². The molecule has 2 amide bonds. The largest absolute Gasteiger partial charge is 0.354 e. The van der Waals surface area contributed by atoms with Crippen LogP contribution in [0.15, 0.2) is 29.0 Å². The predicted molar refractivity (Wildman–Crippen MR) is 108 cm³/mol. The number of likely N-dealkylation sites (tertiary alicyclic amines) is 1. The Morgan fingerprint density at radius 2 is 2.19 bits per heavy atom. The lowest BCUT2D eigenvalue weighted by Crippen LogP contribution is -2.49. The van der Waals surface area contributed by atoms with Crippen molar-refractivity contribution in [3.8, 4) is 11.3 Å². The van der Waals surface area contributed by atoms with E-state index in [-0.39, 0.29) is 17.9 Å². The smallest absolute Gasteiger partial charge is 0.256 e. The van der Waals surface area contributed by atoms with E-state index in [0.29, 0.717) is 31.6 Å². The van der Waals surface area contributed by atoms with Crippen LogP contribution >= 0.6 is 11.3 Å². The first-order valence-corrected chi connectivity index (χ1v) is 10.3. The molecule has 0 spiro atoms. The SMILES string of the molecule is Cc1nc(-c2ccsc2)ccc1C(=O)N1CCCCC1CNC(=O)CCN. The molecule has 7 heteroatoms. The first-order valence-electron chi connectivity index (χ1n) is 9.38. The number of pyridine rings is 1. The third kappa shape index (κ3) is 4.73. The van der Waals surface area contributed by atoms with Crippen LogP contribution in [0.2, 0.25) is 0 Å². The Morgan fingerprint density at radius 1 is 1.33 bits per heavy atom. The van der Waals surface area contributed by atoms with E-state index in [0.717, 1.165) is 36.2 Å². The number of thiophene rings is 1. The van der Waals surface area contributed by atoms with Gasteiger partial charge in [0.25, 0.3) is 5.91 Å². The van der Waals surface area contributed by atoms with Crippen LogP contribution < -0.4 is 11.1 Å². The Balaban J connectivity index is 1.73. The van der Waals surface area contributed by atoms with E-state index >= 15 is 0 Å². The van der Waals surface area contributed by atoms with Crippen LogP contribution in [0.1, 0.15) is 41.7 Å². The molecule has 144 valence electrons. The molecule has 0 aliphatic carbocycles. The van der Waals surface area contributed by atoms with E-state index in [9.17, 15) is 9.59 Å². The number of rotatable bonds is 6. The van der Waals surface area contributed by atoms with Gasteiger partial charge in [-0.3, -0.25) is 14.6 Å². The van der Waals surface area contributed by atoms with Crippen LogP contribution in [0.4, 0.5) is 0 Å². The standard InChI is InChI=1S/C20H26N4O2S/c1-14-17(5-6-18(23-14)15-8-11-27-13-15)20(26)24-10-3-2-4-16(24)12-22-19(25)7-9-21/h5-6,8,11,13,16H,2-4,7,9-10,12,21H2,1H3,(H,22,25). The van der Waals surface area contributed by atoms with Crippen LogP contribution in [0.5, 0.6) is 0 Å². The van der Waals surface area contributed by atoms with E-state index < -0.39 is 0 Å². The number of aromatic nitrogens is 1. The molecule has 0 radical (unpaired) electrons. The second kappa shape index (κ2) is 9.10. The molecule has 1 aliphatic heterocycles. The molecule has 6 nitrogen and oxygen atoms in total. The fourth-order valence-corrected chi connectivity index (χ4v) is 4.09. The normalized spacial score (nSPS) is 17.0. The maximum atomic E-state index is 13.2. The number of nitrogens with two attached hydrogens (primary N) is 1. The summed E-state index contributed by atoms with van der Waals surface area (Å²) in [6.45, 7) is 3.40. The molecule has 2 aromatic heterocycles. The van der Waals surface area contributed by atoms with Gasteiger partial charge in [-0.1, -0.05) is 0 Å². The topological polar surface area (TPSA) is 88.3 Å². The highest BCUT2D eigenvalue weighted by Crippen LogP contribution is 2.24. The lowest BCUT2D eigenvalue weighted by Gasteiger charge is -2.36. The molecule has 0 saturated carbocycles. The van der Waals surface area contributed by atoms with E-state index in [1.54, 1.807) is 11.3 Å². The minimum atomic E-state index is -0.0616. The summed E-state index contributed by atoms with van der Waals surface area (Å²) in [5.41, 5.74) is 8.75. The van der Waals surface area contributed by atoms with Gasteiger partial charge in [0.1, 0.15) is 0 Å². The second-order valence-electron chi connectivity index (χ2n) is 6.83. The highest BCUT2D eigenvalue weighted by Gasteiger charge is 2.28. The minimum Gasteiger partial charge on any atom is -0.354 e. The summed E-state index contributed by atoms with van der Waals surface area (Å²) in [6, 6.07) is 5.82. The maximum absolute atomic E-state index is 13.2. The van der Waals surface area contributed by atoms with Gasteiger partial charge in [-0.05, 0) is 49.8 Å². The summed E-state index contributed by atoms with van der Waals surface area (Å²) >= 11 is 1.63. The summed E-state index contributed by atoms with van der Waals surface area (Å²) in [7, 11) is 0. The Labute approximate surface area is 163 Å². The van der Waals surface area contributed by atoms with Gasteiger partial charge in [-0.2, -0.15) is 11.3 Å². The van der Waals surface area contributed by atoms with Crippen molar-refractivity contribution in [1.82, 2.24) is 15.2 Å². The van der Waals surface area contributed by atoms with E-state index in [1.807, 2.05) is 40.8 Å². The van der Waals surface area contributed by atoms with Gasteiger partial charge < -0.3 is 16.0 Å². The van der Waals surface area contributed by atoms with Crippen molar-refractivity contribution in [3.63, 3.8) is 0 Å². The minimum absolute atomic E-state index is 0.00496. The molecule has 1 aliphatic rings. The molecule has 27 heavy (non-hydrogen) atoms. The number of carbonyl (C=O) groups is 2. The fraction of sp³-hybridized carbons (Fsp3) is 0.450. The number of aryl methyl sites for hydroxylation is 1. The summed E-state index contributed by atoms with van der Waals surface area (Å²) < 4.78 is 0. The highest BCUT2D eigenvalue weighted by molar-refractivity contribution is 7.08. The summed E-state index contributed by atoms with van der Waals surface area (Å²) in [5.74, 6) is -0.0666. The van der Waals surface area contributed by atoms with Crippen molar-refractivity contribution in [3.05, 3.63) is 40.2 Å². The van der Waals surface area contributed by atoms with E-state index in [1.165, 1.54) is 0 Å². The molecule has 1 atom stereocenters. The van der Waals surface area contributed by atoms with Crippen LogP contribution in [0, 0.1) is 6.92 Å². The summed E-state index contributed by atoms with van der Waals surface area (Å²) in [4.78, 5) is 31.4. The third-order valence-corrected chi connectivity index (χ3v) is 5.61. The number of piperidine rings is 1. The summed E-state index contributed by atoms with van der Waals surface area (Å²) in [6.07, 6.45) is 3.26. The zero-order chi connectivity index (χ0) is 19.2. The van der Waals surface area contributed by atoms with Crippen molar-refractivity contribution in [2.75, 3.05) is 19.6 Å². The van der Waals surface area contributed by atoms with Gasteiger partial charge in [-0.25, -0.2) is 0 Å². The molecule has 1 saturated heterocycles. The molecule has 1 unspecified atom stereocenters. The monoisotopic (exact) mass is 386 g/mol. The Hall–Kier alpha value is -2.25. The third-order valence-electron chi connectivity index (χ3n) is 4.93. The van der Waals surface area contributed by atoms with Crippen molar-refractivity contribution in [1.29, 1.82) is 0 Å². The molecular formula is C20H26N4O2S. The molecule has 0 bridgehead atoms. The van der Waals surface area contributed by atoms with Crippen molar-refractivity contribution < 1.29 is 9.59 Å². The van der Waals surface area contributed by atoms with Gasteiger partial charge in [0.15, 0.2) is 0 Å². The zero-order valence-electron chi connectivity index (χ0n) is 15.6. The van der Waals surface area contributed by atoms with Gasteiger partial charge in [0.05, 0.1) is 17.0 Å². The van der Waals surface area contributed by atoms with Crippen LogP contribution in [0.25, 0.3) is 11.3 Å². The van der Waals surface area contributed by atoms with Crippen molar-refractivity contribution >= 4 is 23.2 Å². The quantitative estimate of drug-likeness (QED) is 0.799. The Bertz CT molecular complexity index is 791. The van der Waals surface area contributed by atoms with Gasteiger partial charge in [0, 0.05) is 43.0 Å². The van der Waals surface area contributed by atoms with Crippen LogP contribution in [-0.2, 0) is 4.79 Å². The molecular weight excluding hydrogens is 360 g/mol. The molecule has 1 fully saturated rings. The van der Waals surface area contributed by atoms with Crippen LogP contribution in [0.3, 0.4) is 0 Å². The fourth-order valence-electron chi connectivity index (χ4n) is 3.44.